The molecule has 0 fully saturated rings. The van der Waals surface area contributed by atoms with Gasteiger partial charge in [-0.3, -0.25) is 0 Å². The lowest BCUT2D eigenvalue weighted by Gasteiger charge is -2.15. The van der Waals surface area contributed by atoms with Gasteiger partial charge in [0.2, 0.25) is 0 Å². The fourth-order valence-corrected chi connectivity index (χ4v) is 6.97. The zero-order chi connectivity index (χ0) is 9.94. The molecule has 0 heterocycles. The van der Waals surface area contributed by atoms with Crippen LogP contribution in [0.25, 0.3) is 0 Å². The lowest BCUT2D eigenvalue weighted by molar-refractivity contribution is 0.482. The number of hydrogen-bond donors (Lipinski definition) is 1. The topological polar surface area (TPSA) is 44.5 Å². The molecule has 6 heteroatoms. The highest BCUT2D eigenvalue weighted by Gasteiger charge is 2.09. The van der Waals surface area contributed by atoms with Crippen molar-refractivity contribution >= 4 is 29.5 Å². The lowest BCUT2D eigenvalue weighted by Crippen LogP contribution is -2.22. The molecule has 0 spiro atoms. The Morgan fingerprint density at radius 1 is 1.38 bits per heavy atom. The first-order valence-corrected chi connectivity index (χ1v) is 9.23. The molecular weight excluding hydrogens is 214 g/mol. The van der Waals surface area contributed by atoms with Crippen molar-refractivity contribution in [1.29, 1.82) is 0 Å². The van der Waals surface area contributed by atoms with Crippen molar-refractivity contribution in [3.63, 3.8) is 0 Å². The summed E-state index contributed by atoms with van der Waals surface area (Å²) in [5, 5.41) is 0. The van der Waals surface area contributed by atoms with Gasteiger partial charge in [0.05, 0.1) is 0 Å². The molecular formula is C7H23NO2Si3. The second-order valence-corrected chi connectivity index (χ2v) is 9.55. The maximum atomic E-state index is 5.83. The summed E-state index contributed by atoms with van der Waals surface area (Å²) in [5.74, 6) is 0. The average molecular weight is 238 g/mol. The fraction of sp³-hybridized carbons (Fsp3) is 1.00. The fourth-order valence-electron chi connectivity index (χ4n) is 1.25. The average Bonchev–Trinajstić information content (AvgIpc) is 2.17. The quantitative estimate of drug-likeness (QED) is 0.533. The molecule has 0 aliphatic rings. The Morgan fingerprint density at radius 3 is 2.62 bits per heavy atom. The molecule has 0 saturated heterocycles. The summed E-state index contributed by atoms with van der Waals surface area (Å²) < 4.78 is 11.0. The predicted octanol–water partition coefficient (Wildman–Crippen LogP) is -0.829. The smallest absolute Gasteiger partial charge is 0.283 e. The van der Waals surface area contributed by atoms with E-state index in [9.17, 15) is 0 Å². The molecule has 0 amide bonds. The molecule has 3 nitrogen and oxygen atoms in total. The van der Waals surface area contributed by atoms with E-state index < -0.39 is 19.0 Å². The van der Waals surface area contributed by atoms with Gasteiger partial charge in [-0.05, 0) is 25.1 Å². The molecule has 13 heavy (non-hydrogen) atoms. The van der Waals surface area contributed by atoms with Crippen LogP contribution in [0.5, 0.6) is 0 Å². The van der Waals surface area contributed by atoms with Crippen molar-refractivity contribution in [2.24, 2.45) is 5.73 Å². The molecule has 0 rings (SSSR count). The van der Waals surface area contributed by atoms with E-state index in [1.807, 2.05) is 0 Å². The SMILES string of the molecule is CCCC[SiH](CCCN)O[SiH2]O[SiH3]. The third kappa shape index (κ3) is 8.85. The van der Waals surface area contributed by atoms with Crippen molar-refractivity contribution in [3.05, 3.63) is 0 Å². The van der Waals surface area contributed by atoms with Gasteiger partial charge in [0.15, 0.2) is 9.04 Å². The van der Waals surface area contributed by atoms with Crippen LogP contribution in [0.4, 0.5) is 0 Å². The molecule has 1 atom stereocenters. The zero-order valence-electron chi connectivity index (χ0n) is 8.92. The minimum Gasteiger partial charge on any atom is -0.449 e. The van der Waals surface area contributed by atoms with Crippen molar-refractivity contribution in [3.8, 4) is 0 Å². The minimum atomic E-state index is -0.908. The molecule has 0 aromatic rings. The highest BCUT2D eigenvalue weighted by atomic mass is 28.4. The monoisotopic (exact) mass is 237 g/mol. The third-order valence-corrected chi connectivity index (χ3v) is 7.51. The van der Waals surface area contributed by atoms with E-state index in [4.69, 9.17) is 14.0 Å². The zero-order valence-corrected chi connectivity index (χ0v) is 13.5. The highest BCUT2D eigenvalue weighted by molar-refractivity contribution is 6.57. The molecule has 0 saturated carbocycles. The maximum absolute atomic E-state index is 5.83. The first-order valence-electron chi connectivity index (χ1n) is 5.15. The van der Waals surface area contributed by atoms with Crippen LogP contribution in [0.2, 0.25) is 12.1 Å². The summed E-state index contributed by atoms with van der Waals surface area (Å²) in [6, 6.07) is 2.56. The van der Waals surface area contributed by atoms with Gasteiger partial charge < -0.3 is 14.0 Å². The standard InChI is InChI=1S/C7H23NO2Si3/c1-2-3-6-13(7-4-5-8)10-12-9-11/h13H,2-8,12H2,1,11H3. The summed E-state index contributed by atoms with van der Waals surface area (Å²) in [4.78, 5) is 0. The van der Waals surface area contributed by atoms with Crippen molar-refractivity contribution < 1.29 is 8.23 Å². The van der Waals surface area contributed by atoms with E-state index in [-0.39, 0.29) is 0 Å². The van der Waals surface area contributed by atoms with Crippen LogP contribution in [0, 0.1) is 0 Å². The van der Waals surface area contributed by atoms with E-state index in [1.165, 1.54) is 24.9 Å². The van der Waals surface area contributed by atoms with Crippen LogP contribution < -0.4 is 5.73 Å². The van der Waals surface area contributed by atoms with Crippen LogP contribution >= 0.6 is 0 Å². The number of hydrogen-bond acceptors (Lipinski definition) is 3. The van der Waals surface area contributed by atoms with Crippen LogP contribution in [0.15, 0.2) is 0 Å². The molecule has 0 aliphatic heterocycles. The van der Waals surface area contributed by atoms with Crippen LogP contribution in [-0.2, 0) is 8.23 Å². The number of rotatable bonds is 9. The Morgan fingerprint density at radius 2 is 2.08 bits per heavy atom. The summed E-state index contributed by atoms with van der Waals surface area (Å²) >= 11 is 0. The van der Waals surface area contributed by atoms with Gasteiger partial charge in [0.1, 0.15) is 10.5 Å². The lowest BCUT2D eigenvalue weighted by atomic mass is 10.4. The van der Waals surface area contributed by atoms with Crippen LogP contribution in [-0.4, -0.2) is 36.1 Å². The summed E-state index contributed by atoms with van der Waals surface area (Å²) in [6.07, 6.45) is 3.73. The Balaban J connectivity index is 3.47. The normalized spacial score (nSPS) is 14.3. The number of unbranched alkanes of at least 4 members (excludes halogenated alkanes) is 1. The molecule has 0 bridgehead atoms. The van der Waals surface area contributed by atoms with Gasteiger partial charge in [-0.1, -0.05) is 19.8 Å². The first kappa shape index (κ1) is 13.5. The first-order chi connectivity index (χ1) is 6.35. The van der Waals surface area contributed by atoms with Crippen LogP contribution in [0.1, 0.15) is 26.2 Å². The highest BCUT2D eigenvalue weighted by Crippen LogP contribution is 2.08. The number of nitrogens with two attached hydrogens (primary N) is 1. The van der Waals surface area contributed by atoms with Gasteiger partial charge in [-0.2, -0.15) is 0 Å². The van der Waals surface area contributed by atoms with E-state index in [2.05, 4.69) is 6.92 Å². The van der Waals surface area contributed by atoms with Gasteiger partial charge in [-0.15, -0.1) is 0 Å². The molecule has 0 aliphatic carbocycles. The predicted molar refractivity (Wildman–Crippen MR) is 66.0 cm³/mol. The molecule has 0 aromatic carbocycles. The summed E-state index contributed by atoms with van der Waals surface area (Å²) in [5.41, 5.74) is 5.49. The molecule has 80 valence electrons. The third-order valence-electron chi connectivity index (χ3n) is 2.03. The van der Waals surface area contributed by atoms with Crippen LogP contribution in [0.3, 0.4) is 0 Å². The Hall–Kier alpha value is 0.531. The van der Waals surface area contributed by atoms with Gasteiger partial charge in [0.25, 0.3) is 10.0 Å². The maximum Gasteiger partial charge on any atom is 0.283 e. The molecule has 0 radical (unpaired) electrons. The van der Waals surface area contributed by atoms with E-state index in [0.717, 1.165) is 23.5 Å². The second-order valence-electron chi connectivity index (χ2n) is 3.27. The largest absolute Gasteiger partial charge is 0.449 e. The van der Waals surface area contributed by atoms with E-state index in [0.29, 0.717) is 0 Å². The Labute approximate surface area is 88.7 Å². The summed E-state index contributed by atoms with van der Waals surface area (Å²) in [7, 11) is -0.668. The molecule has 2 N–H and O–H groups in total. The van der Waals surface area contributed by atoms with Gasteiger partial charge >= 0.3 is 0 Å². The van der Waals surface area contributed by atoms with E-state index >= 15 is 0 Å². The molecule has 1 unspecified atom stereocenters. The summed E-state index contributed by atoms with van der Waals surface area (Å²) in [6.45, 7) is 3.04. The van der Waals surface area contributed by atoms with Gasteiger partial charge in [-0.25, -0.2) is 0 Å². The Bertz CT molecular complexity index is 88.7. The molecule has 0 aromatic heterocycles. The Kier molecular flexibility index (Phi) is 11.0. The van der Waals surface area contributed by atoms with Gasteiger partial charge in [0, 0.05) is 0 Å². The van der Waals surface area contributed by atoms with Crippen molar-refractivity contribution in [2.75, 3.05) is 6.54 Å². The minimum absolute atomic E-state index is 0.599. The van der Waals surface area contributed by atoms with Crippen molar-refractivity contribution in [2.45, 2.75) is 38.3 Å². The van der Waals surface area contributed by atoms with Crippen molar-refractivity contribution in [1.82, 2.24) is 0 Å². The van der Waals surface area contributed by atoms with E-state index in [1.54, 1.807) is 0 Å². The second kappa shape index (κ2) is 10.6.